The van der Waals surface area contributed by atoms with E-state index in [0.29, 0.717) is 0 Å². The quantitative estimate of drug-likeness (QED) is 0.564. The van der Waals surface area contributed by atoms with Crippen LogP contribution in [0.2, 0.25) is 0 Å². The standard InChI is InChI=1S/C12H21IO/c13-10-12(7-2-1-3-8-12)14-9-11-5-4-6-11/h11H,1-10H2. The molecular weight excluding hydrogens is 287 g/mol. The van der Waals surface area contributed by atoms with Crippen LogP contribution in [0.15, 0.2) is 0 Å². The third-order valence-electron chi connectivity index (χ3n) is 3.86. The molecule has 0 aromatic rings. The van der Waals surface area contributed by atoms with Gasteiger partial charge in [0.25, 0.3) is 0 Å². The van der Waals surface area contributed by atoms with E-state index in [1.165, 1.54) is 55.8 Å². The smallest absolute Gasteiger partial charge is 0.0771 e. The van der Waals surface area contributed by atoms with Crippen LogP contribution < -0.4 is 0 Å². The SMILES string of the molecule is ICC1(OCC2CCC2)CCCCC1. The van der Waals surface area contributed by atoms with E-state index in [2.05, 4.69) is 22.6 Å². The van der Waals surface area contributed by atoms with Crippen molar-refractivity contribution in [3.63, 3.8) is 0 Å². The monoisotopic (exact) mass is 308 g/mol. The maximum Gasteiger partial charge on any atom is 0.0771 e. The number of alkyl halides is 1. The number of hydrogen-bond acceptors (Lipinski definition) is 1. The van der Waals surface area contributed by atoms with Gasteiger partial charge in [-0.3, -0.25) is 0 Å². The Kier molecular flexibility index (Phi) is 4.11. The van der Waals surface area contributed by atoms with Crippen molar-refractivity contribution >= 4 is 22.6 Å². The third kappa shape index (κ3) is 2.63. The molecule has 0 heterocycles. The van der Waals surface area contributed by atoms with Crippen LogP contribution in [0, 0.1) is 5.92 Å². The number of halogens is 1. The fourth-order valence-corrected chi connectivity index (χ4v) is 3.45. The molecule has 14 heavy (non-hydrogen) atoms. The van der Waals surface area contributed by atoms with Crippen molar-refractivity contribution in [2.75, 3.05) is 11.0 Å². The molecule has 0 aliphatic heterocycles. The molecule has 0 radical (unpaired) electrons. The van der Waals surface area contributed by atoms with Crippen molar-refractivity contribution in [3.8, 4) is 0 Å². The van der Waals surface area contributed by atoms with Crippen LogP contribution in [0.25, 0.3) is 0 Å². The van der Waals surface area contributed by atoms with E-state index >= 15 is 0 Å². The molecule has 2 fully saturated rings. The van der Waals surface area contributed by atoms with Crippen LogP contribution in [0.5, 0.6) is 0 Å². The van der Waals surface area contributed by atoms with E-state index in [9.17, 15) is 0 Å². The van der Waals surface area contributed by atoms with Gasteiger partial charge in [-0.05, 0) is 31.6 Å². The second-order valence-corrected chi connectivity index (χ2v) is 5.75. The van der Waals surface area contributed by atoms with Crippen molar-refractivity contribution < 1.29 is 4.74 Å². The molecule has 0 bridgehead atoms. The zero-order valence-corrected chi connectivity index (χ0v) is 11.1. The maximum atomic E-state index is 6.22. The van der Waals surface area contributed by atoms with Gasteiger partial charge >= 0.3 is 0 Å². The molecule has 0 saturated heterocycles. The van der Waals surface area contributed by atoms with Crippen molar-refractivity contribution in [2.24, 2.45) is 5.92 Å². The third-order valence-corrected chi connectivity index (χ3v) is 5.25. The largest absolute Gasteiger partial charge is 0.374 e. The van der Waals surface area contributed by atoms with E-state index in [4.69, 9.17) is 4.74 Å². The van der Waals surface area contributed by atoms with Gasteiger partial charge in [-0.25, -0.2) is 0 Å². The van der Waals surface area contributed by atoms with Gasteiger partial charge in [0, 0.05) is 4.43 Å². The molecule has 0 aromatic carbocycles. The summed E-state index contributed by atoms with van der Waals surface area (Å²) < 4.78 is 7.41. The van der Waals surface area contributed by atoms with Crippen LogP contribution in [0.4, 0.5) is 0 Å². The second-order valence-electron chi connectivity index (χ2n) is 4.99. The Bertz CT molecular complexity index is 171. The predicted molar refractivity (Wildman–Crippen MR) is 68.0 cm³/mol. The molecule has 82 valence electrons. The first kappa shape index (κ1) is 11.2. The molecular formula is C12H21IO. The summed E-state index contributed by atoms with van der Waals surface area (Å²) in [6, 6.07) is 0. The van der Waals surface area contributed by atoms with E-state index in [1.54, 1.807) is 0 Å². The lowest BCUT2D eigenvalue weighted by molar-refractivity contribution is -0.0741. The summed E-state index contributed by atoms with van der Waals surface area (Å²) in [5, 5.41) is 0. The minimum atomic E-state index is 0.272. The van der Waals surface area contributed by atoms with Gasteiger partial charge in [-0.15, -0.1) is 0 Å². The molecule has 0 aromatic heterocycles. The molecule has 2 aliphatic carbocycles. The molecule has 0 N–H and O–H groups in total. The summed E-state index contributed by atoms with van der Waals surface area (Å²) in [4.78, 5) is 0. The molecule has 0 atom stereocenters. The van der Waals surface area contributed by atoms with Gasteiger partial charge in [0.2, 0.25) is 0 Å². The number of rotatable bonds is 4. The maximum absolute atomic E-state index is 6.22. The molecule has 2 aliphatic rings. The molecule has 0 unspecified atom stereocenters. The summed E-state index contributed by atoms with van der Waals surface area (Å²) >= 11 is 2.51. The highest BCUT2D eigenvalue weighted by atomic mass is 127. The molecule has 0 amide bonds. The lowest BCUT2D eigenvalue weighted by atomic mass is 9.84. The van der Waals surface area contributed by atoms with Crippen molar-refractivity contribution in [1.29, 1.82) is 0 Å². The zero-order valence-electron chi connectivity index (χ0n) is 8.93. The van der Waals surface area contributed by atoms with Crippen LogP contribution in [0.1, 0.15) is 51.4 Å². The fraction of sp³-hybridized carbons (Fsp3) is 1.00. The van der Waals surface area contributed by atoms with Gasteiger partial charge in [-0.1, -0.05) is 48.3 Å². The van der Waals surface area contributed by atoms with Crippen molar-refractivity contribution in [3.05, 3.63) is 0 Å². The first-order valence-corrected chi connectivity index (χ1v) is 7.57. The minimum Gasteiger partial charge on any atom is -0.374 e. The van der Waals surface area contributed by atoms with E-state index in [0.717, 1.165) is 12.5 Å². The van der Waals surface area contributed by atoms with E-state index in [-0.39, 0.29) is 5.60 Å². The lowest BCUT2D eigenvalue weighted by Crippen LogP contribution is -2.39. The summed E-state index contributed by atoms with van der Waals surface area (Å²) in [7, 11) is 0. The van der Waals surface area contributed by atoms with Crippen molar-refractivity contribution in [1.82, 2.24) is 0 Å². The Morgan fingerprint density at radius 3 is 2.29 bits per heavy atom. The summed E-state index contributed by atoms with van der Waals surface area (Å²) in [6.07, 6.45) is 11.1. The normalized spacial score (nSPS) is 27.2. The highest BCUT2D eigenvalue weighted by Crippen LogP contribution is 2.35. The van der Waals surface area contributed by atoms with Gasteiger partial charge in [-0.2, -0.15) is 0 Å². The average Bonchev–Trinajstić information content (AvgIpc) is 2.17. The Hall–Kier alpha value is 0.690. The Labute approximate surface area is 101 Å². The molecule has 0 spiro atoms. The number of ether oxygens (including phenoxy) is 1. The molecule has 2 rings (SSSR count). The van der Waals surface area contributed by atoms with Gasteiger partial charge < -0.3 is 4.74 Å². The van der Waals surface area contributed by atoms with E-state index < -0.39 is 0 Å². The molecule has 1 nitrogen and oxygen atoms in total. The summed E-state index contributed by atoms with van der Waals surface area (Å²) in [5.74, 6) is 0.900. The summed E-state index contributed by atoms with van der Waals surface area (Å²) in [6.45, 7) is 1.04. The highest BCUT2D eigenvalue weighted by molar-refractivity contribution is 14.1. The Balaban J connectivity index is 1.77. The first-order valence-electron chi connectivity index (χ1n) is 6.05. The minimum absolute atomic E-state index is 0.272. The van der Waals surface area contributed by atoms with Crippen LogP contribution in [0.3, 0.4) is 0 Å². The van der Waals surface area contributed by atoms with Crippen LogP contribution in [-0.4, -0.2) is 16.6 Å². The van der Waals surface area contributed by atoms with Gasteiger partial charge in [0.15, 0.2) is 0 Å². The van der Waals surface area contributed by atoms with Gasteiger partial charge in [0.05, 0.1) is 12.2 Å². The van der Waals surface area contributed by atoms with Crippen LogP contribution >= 0.6 is 22.6 Å². The lowest BCUT2D eigenvalue weighted by Gasteiger charge is -2.38. The Morgan fingerprint density at radius 1 is 1.07 bits per heavy atom. The van der Waals surface area contributed by atoms with Crippen LogP contribution in [-0.2, 0) is 4.74 Å². The first-order chi connectivity index (χ1) is 6.85. The topological polar surface area (TPSA) is 9.23 Å². The van der Waals surface area contributed by atoms with Gasteiger partial charge in [0.1, 0.15) is 0 Å². The molecule has 2 heteroatoms. The van der Waals surface area contributed by atoms with Crippen molar-refractivity contribution in [2.45, 2.75) is 57.0 Å². The summed E-state index contributed by atoms with van der Waals surface area (Å²) in [5.41, 5.74) is 0.272. The van der Waals surface area contributed by atoms with E-state index in [1.807, 2.05) is 0 Å². The molecule has 2 saturated carbocycles. The number of hydrogen-bond donors (Lipinski definition) is 0. The second kappa shape index (κ2) is 5.15. The highest BCUT2D eigenvalue weighted by Gasteiger charge is 2.33. The average molecular weight is 308 g/mol. The predicted octanol–water partition coefficient (Wildman–Crippen LogP) is 3.94. The fourth-order valence-electron chi connectivity index (χ4n) is 2.47. The Morgan fingerprint density at radius 2 is 1.79 bits per heavy atom. The zero-order chi connectivity index (χ0) is 9.86.